The zero-order valence-corrected chi connectivity index (χ0v) is 16.5. The molecule has 7 nitrogen and oxygen atoms in total. The van der Waals surface area contributed by atoms with E-state index in [-0.39, 0.29) is 29.5 Å². The van der Waals surface area contributed by atoms with Crippen molar-refractivity contribution in [3.63, 3.8) is 0 Å². The summed E-state index contributed by atoms with van der Waals surface area (Å²) in [6, 6.07) is 2.81. The quantitative estimate of drug-likeness (QED) is 0.332. The summed E-state index contributed by atoms with van der Waals surface area (Å²) in [5.74, 6) is -3.16. The summed E-state index contributed by atoms with van der Waals surface area (Å²) < 4.78 is 0.436. The number of benzene rings is 1. The maximum Gasteiger partial charge on any atom is 0.304 e. The van der Waals surface area contributed by atoms with E-state index in [1.807, 2.05) is 20.8 Å². The average molecular weight is 425 g/mol. The van der Waals surface area contributed by atoms with Gasteiger partial charge in [0, 0.05) is 23.9 Å². The topological polar surface area (TPSA) is 106 Å². The highest BCUT2D eigenvalue weighted by Gasteiger charge is 2.40. The first-order valence-corrected chi connectivity index (χ1v) is 9.12. The fourth-order valence-corrected chi connectivity index (χ4v) is 3.29. The van der Waals surface area contributed by atoms with Crippen LogP contribution in [0.2, 0.25) is 0 Å². The Morgan fingerprint density at radius 3 is 2.35 bits per heavy atom. The molecule has 140 valence electrons. The molecule has 1 aliphatic rings. The molecule has 2 rings (SSSR count). The minimum atomic E-state index is -1.43. The van der Waals surface area contributed by atoms with Gasteiger partial charge in [0.15, 0.2) is 17.3 Å². The summed E-state index contributed by atoms with van der Waals surface area (Å²) in [7, 11) is 0. The summed E-state index contributed by atoms with van der Waals surface area (Å²) in [5.41, 5.74) is -0.614. The molecule has 0 unspecified atom stereocenters. The van der Waals surface area contributed by atoms with E-state index in [0.29, 0.717) is 17.4 Å². The summed E-state index contributed by atoms with van der Waals surface area (Å²) in [6.07, 6.45) is 0.700. The third kappa shape index (κ3) is 4.35. The Labute approximate surface area is 159 Å². The fourth-order valence-electron chi connectivity index (χ4n) is 2.83. The first kappa shape index (κ1) is 20.2. The van der Waals surface area contributed by atoms with Gasteiger partial charge in [0.1, 0.15) is 11.6 Å². The number of nitrogens with zero attached hydrogens (tertiary/aromatic N) is 1. The van der Waals surface area contributed by atoms with E-state index in [1.165, 1.54) is 12.1 Å². The summed E-state index contributed by atoms with van der Waals surface area (Å²) >= 11 is 3.27. The minimum absolute atomic E-state index is 0.140. The second-order valence-corrected chi connectivity index (χ2v) is 8.43. The SMILES string of the molecule is CC(C)(C)CNc1c(Br)ccc(C(=O)C2C(=O)CCCC2=O)c1[N+](=O)[O-]. The molecule has 0 bridgehead atoms. The molecule has 8 heteroatoms. The first-order chi connectivity index (χ1) is 12.0. The number of hydrogen-bond acceptors (Lipinski definition) is 6. The van der Waals surface area contributed by atoms with Crippen LogP contribution in [0.25, 0.3) is 0 Å². The lowest BCUT2D eigenvalue weighted by Gasteiger charge is -2.22. The maximum absolute atomic E-state index is 12.8. The van der Waals surface area contributed by atoms with Crippen molar-refractivity contribution in [2.75, 3.05) is 11.9 Å². The Hall–Kier alpha value is -2.09. The summed E-state index contributed by atoms with van der Waals surface area (Å²) in [5, 5.41) is 14.7. The van der Waals surface area contributed by atoms with Crippen molar-refractivity contribution >= 4 is 44.7 Å². The predicted octanol–water partition coefficient (Wildman–Crippen LogP) is 3.94. The van der Waals surface area contributed by atoms with Crippen molar-refractivity contribution in [1.82, 2.24) is 0 Å². The molecule has 1 fully saturated rings. The van der Waals surface area contributed by atoms with E-state index in [9.17, 15) is 24.5 Å². The van der Waals surface area contributed by atoms with Gasteiger partial charge in [-0.25, -0.2) is 0 Å². The number of hydrogen-bond donors (Lipinski definition) is 1. The zero-order valence-electron chi connectivity index (χ0n) is 14.9. The molecule has 0 spiro atoms. The van der Waals surface area contributed by atoms with Gasteiger partial charge in [-0.2, -0.15) is 0 Å². The van der Waals surface area contributed by atoms with Gasteiger partial charge in [-0.1, -0.05) is 20.8 Å². The standard InChI is InChI=1S/C18H21BrN2O5/c1-18(2,3)9-20-15-11(19)8-7-10(16(15)21(25)26)17(24)14-12(22)5-4-6-13(14)23/h7-8,14,20H,4-6,9H2,1-3H3. The number of rotatable bonds is 5. The van der Waals surface area contributed by atoms with Gasteiger partial charge in [-0.15, -0.1) is 0 Å². The summed E-state index contributed by atoms with van der Waals surface area (Å²) in [6.45, 7) is 6.34. The third-order valence-corrected chi connectivity index (χ3v) is 4.78. The van der Waals surface area contributed by atoms with Crippen LogP contribution in [0.4, 0.5) is 11.4 Å². The van der Waals surface area contributed by atoms with Crippen LogP contribution in [-0.4, -0.2) is 28.8 Å². The molecule has 0 amide bonds. The van der Waals surface area contributed by atoms with Crippen molar-refractivity contribution in [3.05, 3.63) is 32.3 Å². The fraction of sp³-hybridized carbons (Fsp3) is 0.500. The number of carbonyl (C=O) groups excluding carboxylic acids is 3. The molecule has 0 saturated heterocycles. The van der Waals surface area contributed by atoms with Crippen LogP contribution in [0.1, 0.15) is 50.4 Å². The monoisotopic (exact) mass is 424 g/mol. The first-order valence-electron chi connectivity index (χ1n) is 8.33. The van der Waals surface area contributed by atoms with Gasteiger partial charge in [-0.05, 0) is 39.9 Å². The van der Waals surface area contributed by atoms with Crippen LogP contribution in [-0.2, 0) is 9.59 Å². The van der Waals surface area contributed by atoms with Crippen LogP contribution in [0.5, 0.6) is 0 Å². The van der Waals surface area contributed by atoms with Gasteiger partial charge in [-0.3, -0.25) is 24.5 Å². The number of nitrogens with one attached hydrogen (secondary N) is 1. The molecule has 26 heavy (non-hydrogen) atoms. The van der Waals surface area contributed by atoms with Crippen LogP contribution >= 0.6 is 15.9 Å². The smallest absolute Gasteiger partial charge is 0.304 e. The summed E-state index contributed by atoms with van der Waals surface area (Å²) in [4.78, 5) is 48.0. The number of anilines is 1. The molecule has 0 radical (unpaired) electrons. The average Bonchev–Trinajstić information content (AvgIpc) is 2.51. The van der Waals surface area contributed by atoms with Crippen molar-refractivity contribution in [3.8, 4) is 0 Å². The lowest BCUT2D eigenvalue weighted by atomic mass is 9.81. The van der Waals surface area contributed by atoms with E-state index in [1.54, 1.807) is 0 Å². The van der Waals surface area contributed by atoms with Gasteiger partial charge < -0.3 is 5.32 Å². The number of nitro groups is 1. The van der Waals surface area contributed by atoms with E-state index < -0.39 is 33.9 Å². The highest BCUT2D eigenvalue weighted by Crippen LogP contribution is 2.38. The second kappa shape index (κ2) is 7.65. The van der Waals surface area contributed by atoms with E-state index >= 15 is 0 Å². The Kier molecular flexibility index (Phi) is 5.95. The molecule has 1 aliphatic carbocycles. The van der Waals surface area contributed by atoms with E-state index in [4.69, 9.17) is 0 Å². The van der Waals surface area contributed by atoms with Crippen LogP contribution in [0.15, 0.2) is 16.6 Å². The number of nitro benzene ring substituents is 1. The lowest BCUT2D eigenvalue weighted by molar-refractivity contribution is -0.384. The Balaban J connectivity index is 2.51. The van der Waals surface area contributed by atoms with Crippen molar-refractivity contribution in [2.24, 2.45) is 11.3 Å². The molecule has 0 atom stereocenters. The van der Waals surface area contributed by atoms with E-state index in [0.717, 1.165) is 0 Å². The third-order valence-electron chi connectivity index (χ3n) is 4.12. The molecule has 0 aromatic heterocycles. The molecular weight excluding hydrogens is 404 g/mol. The Morgan fingerprint density at radius 1 is 1.27 bits per heavy atom. The van der Waals surface area contributed by atoms with Gasteiger partial charge in [0.05, 0.1) is 10.5 Å². The normalized spacial score (nSPS) is 15.8. The lowest BCUT2D eigenvalue weighted by Crippen LogP contribution is -2.35. The van der Waals surface area contributed by atoms with Gasteiger partial charge in [0.25, 0.3) is 0 Å². The van der Waals surface area contributed by atoms with E-state index in [2.05, 4.69) is 21.2 Å². The van der Waals surface area contributed by atoms with Crippen LogP contribution in [0, 0.1) is 21.4 Å². The second-order valence-electron chi connectivity index (χ2n) is 7.57. The molecule has 0 heterocycles. The minimum Gasteiger partial charge on any atom is -0.378 e. The molecular formula is C18H21BrN2O5. The zero-order chi connectivity index (χ0) is 19.6. The molecule has 1 N–H and O–H groups in total. The predicted molar refractivity (Wildman–Crippen MR) is 100 cm³/mol. The van der Waals surface area contributed by atoms with Crippen molar-refractivity contribution in [2.45, 2.75) is 40.0 Å². The number of Topliss-reactive ketones (excluding diaryl/α,β-unsaturated/α-hetero) is 3. The van der Waals surface area contributed by atoms with Gasteiger partial charge in [0.2, 0.25) is 0 Å². The molecule has 1 aromatic rings. The highest BCUT2D eigenvalue weighted by molar-refractivity contribution is 9.10. The molecule has 1 saturated carbocycles. The number of carbonyl (C=O) groups is 3. The highest BCUT2D eigenvalue weighted by atomic mass is 79.9. The van der Waals surface area contributed by atoms with Gasteiger partial charge >= 0.3 is 5.69 Å². The number of halogens is 1. The van der Waals surface area contributed by atoms with Crippen LogP contribution < -0.4 is 5.32 Å². The number of ketones is 3. The van der Waals surface area contributed by atoms with Crippen LogP contribution in [0.3, 0.4) is 0 Å². The Morgan fingerprint density at radius 2 is 1.85 bits per heavy atom. The Bertz CT molecular complexity index is 767. The largest absolute Gasteiger partial charge is 0.378 e. The maximum atomic E-state index is 12.8. The van der Waals surface area contributed by atoms with Crippen molar-refractivity contribution in [1.29, 1.82) is 0 Å². The molecule has 1 aromatic carbocycles. The van der Waals surface area contributed by atoms with Crippen molar-refractivity contribution < 1.29 is 19.3 Å². The molecule has 0 aliphatic heterocycles.